The molecule has 0 amide bonds. The van der Waals surface area contributed by atoms with Gasteiger partial charge in [0.1, 0.15) is 0 Å². The molecule has 0 saturated heterocycles. The van der Waals surface area contributed by atoms with E-state index < -0.39 is 0 Å². The molecule has 0 bridgehead atoms. The Balaban J connectivity index is 1.33. The first-order valence-electron chi connectivity index (χ1n) is 12.0. The number of hydrogen-bond donors (Lipinski definition) is 0. The number of rotatable bonds is 8. The fourth-order valence-electron chi connectivity index (χ4n) is 4.12. The van der Waals surface area contributed by atoms with Crippen LogP contribution < -0.4 is 9.80 Å². The van der Waals surface area contributed by atoms with Crippen LogP contribution in [-0.2, 0) is 0 Å². The van der Waals surface area contributed by atoms with E-state index in [1.54, 1.807) is 22.7 Å². The van der Waals surface area contributed by atoms with Crippen LogP contribution in [0.25, 0.3) is 0 Å². The minimum absolute atomic E-state index is 0.750. The molecule has 0 radical (unpaired) electrons. The first-order valence-corrected chi connectivity index (χ1v) is 14.1. The van der Waals surface area contributed by atoms with Crippen molar-refractivity contribution >= 4 is 72.8 Å². The molecule has 0 saturated carbocycles. The zero-order chi connectivity index (χ0) is 25.7. The lowest BCUT2D eigenvalue weighted by Gasteiger charge is -2.22. The van der Waals surface area contributed by atoms with Crippen molar-refractivity contribution in [2.75, 3.05) is 9.80 Å². The van der Waals surface area contributed by atoms with Crippen molar-refractivity contribution < 1.29 is 0 Å². The zero-order valence-electron chi connectivity index (χ0n) is 20.2. The van der Waals surface area contributed by atoms with Gasteiger partial charge in [-0.3, -0.25) is 9.80 Å². The van der Waals surface area contributed by atoms with Crippen molar-refractivity contribution in [3.8, 4) is 0 Å². The second kappa shape index (κ2) is 11.1. The lowest BCUT2D eigenvalue weighted by atomic mass is 10.2. The van der Waals surface area contributed by atoms with Crippen molar-refractivity contribution in [3.05, 3.63) is 143 Å². The quantitative estimate of drug-likeness (QED) is 0.140. The summed E-state index contributed by atoms with van der Waals surface area (Å²) in [5.74, 6) is 0. The molecule has 4 aromatic carbocycles. The standard InChI is InChI=1S/C31H22N4S3/c36-29(27-21-32-30(37-27)34(23-13-5-1-6-14-23)24-15-7-2-8-16-24)28-22-33-31(38-28)35(25-17-9-3-10-18-25)26-19-11-4-12-20-26/h1-22H. The first kappa shape index (κ1) is 24.2. The highest BCUT2D eigenvalue weighted by atomic mass is 32.1. The molecule has 0 N–H and O–H groups in total. The van der Waals surface area contributed by atoms with E-state index in [-0.39, 0.29) is 0 Å². The number of hydrogen-bond acceptors (Lipinski definition) is 7. The third kappa shape index (κ3) is 4.99. The highest BCUT2D eigenvalue weighted by Gasteiger charge is 2.21. The van der Waals surface area contributed by atoms with Gasteiger partial charge in [-0.25, -0.2) is 9.97 Å². The van der Waals surface area contributed by atoms with Crippen LogP contribution in [0.1, 0.15) is 9.75 Å². The predicted molar refractivity (Wildman–Crippen MR) is 164 cm³/mol. The van der Waals surface area contributed by atoms with Gasteiger partial charge < -0.3 is 0 Å². The van der Waals surface area contributed by atoms with E-state index in [0.717, 1.165) is 47.6 Å². The van der Waals surface area contributed by atoms with Gasteiger partial charge in [-0.15, -0.1) is 0 Å². The van der Waals surface area contributed by atoms with Gasteiger partial charge in [0.05, 0.1) is 14.6 Å². The number of thiazole rings is 2. The van der Waals surface area contributed by atoms with Crippen LogP contribution in [-0.4, -0.2) is 14.8 Å². The molecular formula is C31H22N4S3. The van der Waals surface area contributed by atoms with Crippen molar-refractivity contribution in [3.63, 3.8) is 0 Å². The number of para-hydroxylation sites is 4. The van der Waals surface area contributed by atoms with Crippen molar-refractivity contribution in [2.24, 2.45) is 0 Å². The summed E-state index contributed by atoms with van der Waals surface area (Å²) in [7, 11) is 0. The minimum atomic E-state index is 0.750. The summed E-state index contributed by atoms with van der Waals surface area (Å²) in [4.78, 5) is 16.5. The molecule has 2 heterocycles. The zero-order valence-corrected chi connectivity index (χ0v) is 22.7. The highest BCUT2D eigenvalue weighted by molar-refractivity contribution is 7.82. The number of thiocarbonyl (C=S) groups is 1. The summed E-state index contributed by atoms with van der Waals surface area (Å²) in [6, 6.07) is 41.1. The van der Waals surface area contributed by atoms with E-state index in [0.29, 0.717) is 0 Å². The predicted octanol–water partition coefficient (Wildman–Crippen LogP) is 9.31. The molecule has 6 aromatic rings. The summed E-state index contributed by atoms with van der Waals surface area (Å²) >= 11 is 9.12. The molecule has 0 atom stereocenters. The van der Waals surface area contributed by atoms with E-state index in [2.05, 4.69) is 58.3 Å². The lowest BCUT2D eigenvalue weighted by Crippen LogP contribution is -2.09. The maximum atomic E-state index is 5.96. The summed E-state index contributed by atoms with van der Waals surface area (Å²) < 4.78 is 0. The van der Waals surface area contributed by atoms with Crippen LogP contribution in [0.15, 0.2) is 134 Å². The Morgan fingerprint density at radius 2 is 0.763 bits per heavy atom. The Kier molecular flexibility index (Phi) is 7.04. The smallest absolute Gasteiger partial charge is 0.195 e. The second-order valence-electron chi connectivity index (χ2n) is 8.36. The van der Waals surface area contributed by atoms with Gasteiger partial charge >= 0.3 is 0 Å². The third-order valence-corrected chi connectivity index (χ3v) is 8.57. The van der Waals surface area contributed by atoms with Gasteiger partial charge in [0, 0.05) is 35.1 Å². The topological polar surface area (TPSA) is 32.3 Å². The van der Waals surface area contributed by atoms with Crippen LogP contribution in [0.4, 0.5) is 33.0 Å². The van der Waals surface area contributed by atoms with Crippen LogP contribution in [0.3, 0.4) is 0 Å². The fourth-order valence-corrected chi connectivity index (χ4v) is 6.36. The van der Waals surface area contributed by atoms with E-state index in [4.69, 9.17) is 22.2 Å². The molecule has 2 aromatic heterocycles. The van der Waals surface area contributed by atoms with Gasteiger partial charge in [0.15, 0.2) is 10.3 Å². The SMILES string of the molecule is S=C(c1cnc(N(c2ccccc2)c2ccccc2)s1)c1cnc(N(c2ccccc2)c2ccccc2)s1. The van der Waals surface area contributed by atoms with Gasteiger partial charge in [-0.2, -0.15) is 0 Å². The average Bonchev–Trinajstić information content (AvgIpc) is 3.66. The normalized spacial score (nSPS) is 10.7. The molecule has 0 aliphatic heterocycles. The Labute approximate surface area is 235 Å². The van der Waals surface area contributed by atoms with E-state index in [9.17, 15) is 0 Å². The van der Waals surface area contributed by atoms with Gasteiger partial charge in [0.2, 0.25) is 0 Å². The van der Waals surface area contributed by atoms with Gasteiger partial charge in [0.25, 0.3) is 0 Å². The third-order valence-electron chi connectivity index (χ3n) is 5.87. The molecule has 0 unspecified atom stereocenters. The molecule has 4 nitrogen and oxygen atoms in total. The Hall–Kier alpha value is -4.17. The Morgan fingerprint density at radius 1 is 0.474 bits per heavy atom. The van der Waals surface area contributed by atoms with Crippen LogP contribution in [0, 0.1) is 0 Å². The molecule has 38 heavy (non-hydrogen) atoms. The molecule has 0 fully saturated rings. The number of anilines is 6. The summed E-state index contributed by atoms with van der Waals surface area (Å²) in [5.41, 5.74) is 4.19. The summed E-state index contributed by atoms with van der Waals surface area (Å²) in [6.07, 6.45) is 3.74. The maximum absolute atomic E-state index is 5.96. The molecule has 0 spiro atoms. The largest absolute Gasteiger partial charge is 0.286 e. The first-order chi connectivity index (χ1) is 18.8. The van der Waals surface area contributed by atoms with Crippen molar-refractivity contribution in [1.82, 2.24) is 9.97 Å². The van der Waals surface area contributed by atoms with Gasteiger partial charge in [-0.05, 0) is 48.5 Å². The Bertz CT molecular complexity index is 1430. The monoisotopic (exact) mass is 546 g/mol. The molecule has 0 aliphatic rings. The second-order valence-corrected chi connectivity index (χ2v) is 10.8. The molecular weight excluding hydrogens is 525 g/mol. The molecule has 184 valence electrons. The highest BCUT2D eigenvalue weighted by Crippen LogP contribution is 2.40. The minimum Gasteiger partial charge on any atom is -0.286 e. The van der Waals surface area contributed by atoms with E-state index >= 15 is 0 Å². The number of benzene rings is 4. The van der Waals surface area contributed by atoms with E-state index in [1.165, 1.54) is 0 Å². The molecule has 6 rings (SSSR count). The van der Waals surface area contributed by atoms with Gasteiger partial charge in [-0.1, -0.05) is 108 Å². The Morgan fingerprint density at radius 3 is 1.05 bits per heavy atom. The van der Waals surface area contributed by atoms with Crippen molar-refractivity contribution in [2.45, 2.75) is 0 Å². The molecule has 0 aliphatic carbocycles. The lowest BCUT2D eigenvalue weighted by molar-refractivity contribution is 1.23. The van der Waals surface area contributed by atoms with Crippen molar-refractivity contribution in [1.29, 1.82) is 0 Å². The molecule has 7 heteroatoms. The van der Waals surface area contributed by atoms with Crippen LogP contribution in [0.5, 0.6) is 0 Å². The average molecular weight is 547 g/mol. The summed E-state index contributed by atoms with van der Waals surface area (Å²) in [6.45, 7) is 0. The maximum Gasteiger partial charge on any atom is 0.195 e. The number of aromatic nitrogens is 2. The van der Waals surface area contributed by atoms with Crippen LogP contribution >= 0.6 is 34.9 Å². The summed E-state index contributed by atoms with van der Waals surface area (Å²) in [5, 5.41) is 1.72. The van der Waals surface area contributed by atoms with Crippen LogP contribution in [0.2, 0.25) is 0 Å². The van der Waals surface area contributed by atoms with E-state index in [1.807, 2.05) is 85.2 Å². The number of nitrogens with zero attached hydrogens (tertiary/aromatic N) is 4. The fraction of sp³-hybridized carbons (Fsp3) is 0.